The number of aryl methyl sites for hydroxylation is 1. The van der Waals surface area contributed by atoms with E-state index in [9.17, 15) is 0 Å². The second-order valence-electron chi connectivity index (χ2n) is 6.41. The van der Waals surface area contributed by atoms with Crippen LogP contribution in [0.3, 0.4) is 0 Å². The highest BCUT2D eigenvalue weighted by atomic mass is 16.5. The summed E-state index contributed by atoms with van der Waals surface area (Å²) in [6.07, 6.45) is 7.10. The summed E-state index contributed by atoms with van der Waals surface area (Å²) < 4.78 is 7.43. The highest BCUT2D eigenvalue weighted by Gasteiger charge is 2.32. The monoisotopic (exact) mass is 279 g/mol. The summed E-state index contributed by atoms with van der Waals surface area (Å²) in [6.45, 7) is 4.70. The van der Waals surface area contributed by atoms with Crippen molar-refractivity contribution in [2.75, 3.05) is 14.2 Å². The molecule has 2 rings (SSSR count). The lowest BCUT2D eigenvalue weighted by atomic mass is 9.74. The predicted molar refractivity (Wildman–Crippen MR) is 81.8 cm³/mol. The average molecular weight is 279 g/mol. The van der Waals surface area contributed by atoms with Gasteiger partial charge >= 0.3 is 0 Å². The van der Waals surface area contributed by atoms with Crippen molar-refractivity contribution in [3.8, 4) is 5.75 Å². The first-order valence-corrected chi connectivity index (χ1v) is 7.81. The quantitative estimate of drug-likeness (QED) is 0.900. The normalized spacial score (nSPS) is 24.9. The highest BCUT2D eigenvalue weighted by Crippen LogP contribution is 2.41. The largest absolute Gasteiger partial charge is 0.493 e. The van der Waals surface area contributed by atoms with Gasteiger partial charge in [0.25, 0.3) is 0 Å². The fourth-order valence-corrected chi connectivity index (χ4v) is 3.68. The molecule has 0 saturated heterocycles. The lowest BCUT2D eigenvalue weighted by molar-refractivity contribution is 0.187. The molecule has 1 N–H and O–H groups in total. The molecule has 1 aromatic heterocycles. The molecule has 4 nitrogen and oxygen atoms in total. The molecule has 0 aromatic carbocycles. The van der Waals surface area contributed by atoms with Crippen LogP contribution >= 0.6 is 0 Å². The van der Waals surface area contributed by atoms with Crippen molar-refractivity contribution in [1.82, 2.24) is 15.1 Å². The number of methoxy groups -OCH3 is 1. The average Bonchev–Trinajstić information content (AvgIpc) is 2.82. The lowest BCUT2D eigenvalue weighted by Crippen LogP contribution is -2.31. The maximum Gasteiger partial charge on any atom is 0.161 e. The van der Waals surface area contributed by atoms with Crippen molar-refractivity contribution < 1.29 is 4.74 Å². The summed E-state index contributed by atoms with van der Waals surface area (Å²) in [4.78, 5) is 0. The summed E-state index contributed by atoms with van der Waals surface area (Å²) in [7, 11) is 5.77. The number of rotatable bonds is 5. The van der Waals surface area contributed by atoms with Gasteiger partial charge in [-0.15, -0.1) is 0 Å². The zero-order valence-corrected chi connectivity index (χ0v) is 13.5. The zero-order valence-electron chi connectivity index (χ0n) is 13.5. The van der Waals surface area contributed by atoms with Crippen LogP contribution in [0.25, 0.3) is 0 Å². The topological polar surface area (TPSA) is 39.1 Å². The van der Waals surface area contributed by atoms with Gasteiger partial charge in [-0.3, -0.25) is 4.68 Å². The minimum atomic E-state index is 0.338. The number of nitrogens with one attached hydrogen (secondary N) is 1. The third-order valence-electron chi connectivity index (χ3n) is 5.01. The van der Waals surface area contributed by atoms with Crippen LogP contribution in [0.5, 0.6) is 5.75 Å². The Morgan fingerprint density at radius 1 is 1.25 bits per heavy atom. The predicted octanol–water partition coefficient (Wildman–Crippen LogP) is 3.15. The molecule has 1 heterocycles. The van der Waals surface area contributed by atoms with Crippen LogP contribution in [0.2, 0.25) is 0 Å². The molecule has 4 heteroatoms. The van der Waals surface area contributed by atoms with E-state index < -0.39 is 0 Å². The van der Waals surface area contributed by atoms with Crippen LogP contribution in [0, 0.1) is 17.8 Å². The summed E-state index contributed by atoms with van der Waals surface area (Å²) in [5.74, 6) is 3.30. The van der Waals surface area contributed by atoms with E-state index in [1.807, 2.05) is 25.0 Å². The van der Waals surface area contributed by atoms with Crippen LogP contribution in [-0.4, -0.2) is 23.9 Å². The van der Waals surface area contributed by atoms with Gasteiger partial charge in [0.15, 0.2) is 5.75 Å². The first-order valence-electron chi connectivity index (χ1n) is 7.81. The molecule has 0 amide bonds. The summed E-state index contributed by atoms with van der Waals surface area (Å²) in [6, 6.07) is 0.338. The van der Waals surface area contributed by atoms with Crippen molar-refractivity contribution >= 4 is 0 Å². The number of aromatic nitrogens is 2. The van der Waals surface area contributed by atoms with Gasteiger partial charge in [0, 0.05) is 7.05 Å². The minimum Gasteiger partial charge on any atom is -0.493 e. The maximum atomic E-state index is 5.48. The van der Waals surface area contributed by atoms with Crippen molar-refractivity contribution in [2.45, 2.75) is 45.6 Å². The number of hydrogen-bond donors (Lipinski definition) is 1. The molecule has 1 atom stereocenters. The Hall–Kier alpha value is -1.03. The second-order valence-corrected chi connectivity index (χ2v) is 6.41. The van der Waals surface area contributed by atoms with E-state index in [0.29, 0.717) is 12.0 Å². The molecular formula is C16H29N3O. The fourth-order valence-electron chi connectivity index (χ4n) is 3.68. The van der Waals surface area contributed by atoms with E-state index in [1.165, 1.54) is 31.4 Å². The third kappa shape index (κ3) is 3.00. The van der Waals surface area contributed by atoms with Crippen LogP contribution in [-0.2, 0) is 7.05 Å². The Labute approximate surface area is 122 Å². The zero-order chi connectivity index (χ0) is 14.7. The van der Waals surface area contributed by atoms with E-state index in [2.05, 4.69) is 24.3 Å². The van der Waals surface area contributed by atoms with Crippen molar-refractivity contribution in [3.63, 3.8) is 0 Å². The molecular weight excluding hydrogens is 250 g/mol. The SMILES string of the molecule is CNC(c1c(OC)cnn1C)C1CCC(C(C)C)CC1. The van der Waals surface area contributed by atoms with Gasteiger partial charge in [-0.25, -0.2) is 0 Å². The van der Waals surface area contributed by atoms with Crippen LogP contribution in [0.1, 0.15) is 51.3 Å². The van der Waals surface area contributed by atoms with Gasteiger partial charge in [0.2, 0.25) is 0 Å². The van der Waals surface area contributed by atoms with Crippen LogP contribution in [0.15, 0.2) is 6.20 Å². The van der Waals surface area contributed by atoms with E-state index in [1.54, 1.807) is 7.11 Å². The van der Waals surface area contributed by atoms with E-state index >= 15 is 0 Å². The molecule has 0 bridgehead atoms. The van der Waals surface area contributed by atoms with Gasteiger partial charge in [0.1, 0.15) is 0 Å². The van der Waals surface area contributed by atoms with Crippen LogP contribution in [0.4, 0.5) is 0 Å². The van der Waals surface area contributed by atoms with Gasteiger partial charge < -0.3 is 10.1 Å². The fraction of sp³-hybridized carbons (Fsp3) is 0.812. The first kappa shape index (κ1) is 15.4. The summed E-state index contributed by atoms with van der Waals surface area (Å²) in [5.41, 5.74) is 1.18. The van der Waals surface area contributed by atoms with E-state index in [-0.39, 0.29) is 0 Å². The smallest absolute Gasteiger partial charge is 0.161 e. The Morgan fingerprint density at radius 3 is 2.35 bits per heavy atom. The summed E-state index contributed by atoms with van der Waals surface area (Å²) >= 11 is 0. The van der Waals surface area contributed by atoms with E-state index in [0.717, 1.165) is 17.6 Å². The molecule has 1 aliphatic rings. The summed E-state index contributed by atoms with van der Waals surface area (Å²) in [5, 5.41) is 7.84. The van der Waals surface area contributed by atoms with Crippen LogP contribution < -0.4 is 10.1 Å². The Kier molecular flexibility index (Phi) is 5.08. The standard InChI is InChI=1S/C16H29N3O/c1-11(2)12-6-8-13(9-7-12)15(17-3)16-14(20-5)10-18-19(16)4/h10-13,15,17H,6-9H2,1-5H3. The van der Waals surface area contributed by atoms with Gasteiger partial charge in [-0.1, -0.05) is 13.8 Å². The maximum absolute atomic E-state index is 5.48. The molecule has 1 saturated carbocycles. The highest BCUT2D eigenvalue weighted by molar-refractivity contribution is 5.28. The molecule has 1 fully saturated rings. The van der Waals surface area contributed by atoms with E-state index in [4.69, 9.17) is 4.74 Å². The number of ether oxygens (including phenoxy) is 1. The van der Waals surface area contributed by atoms with Crippen molar-refractivity contribution in [1.29, 1.82) is 0 Å². The van der Waals surface area contributed by atoms with Gasteiger partial charge in [0.05, 0.1) is 25.0 Å². The Balaban J connectivity index is 2.11. The first-order chi connectivity index (χ1) is 9.58. The molecule has 1 unspecified atom stereocenters. The number of hydrogen-bond acceptors (Lipinski definition) is 3. The molecule has 1 aliphatic carbocycles. The minimum absolute atomic E-state index is 0.338. The number of nitrogens with zero attached hydrogens (tertiary/aromatic N) is 2. The lowest BCUT2D eigenvalue weighted by Gasteiger charge is -2.35. The molecule has 0 radical (unpaired) electrons. The van der Waals surface area contributed by atoms with Crippen molar-refractivity contribution in [2.24, 2.45) is 24.8 Å². The molecule has 1 aromatic rings. The van der Waals surface area contributed by atoms with Gasteiger partial charge in [-0.05, 0) is 50.5 Å². The molecule has 20 heavy (non-hydrogen) atoms. The Bertz CT molecular complexity index is 419. The molecule has 0 aliphatic heterocycles. The second kappa shape index (κ2) is 6.61. The van der Waals surface area contributed by atoms with Gasteiger partial charge in [-0.2, -0.15) is 5.10 Å². The molecule has 0 spiro atoms. The van der Waals surface area contributed by atoms with Crippen molar-refractivity contribution in [3.05, 3.63) is 11.9 Å². The Morgan fingerprint density at radius 2 is 1.85 bits per heavy atom. The third-order valence-corrected chi connectivity index (χ3v) is 5.01. The molecule has 114 valence electrons.